The number of ether oxygens (including phenoxy) is 1. The predicted octanol–water partition coefficient (Wildman–Crippen LogP) is 2.07. The lowest BCUT2D eigenvalue weighted by Gasteiger charge is -2.24. The van der Waals surface area contributed by atoms with Gasteiger partial charge in [0.25, 0.3) is 5.91 Å². The molecule has 0 aromatic heterocycles. The minimum absolute atomic E-state index is 0.254. The largest absolute Gasteiger partial charge is 0.497 e. The van der Waals surface area contributed by atoms with Gasteiger partial charge in [-0.1, -0.05) is 31.1 Å². The second kappa shape index (κ2) is 7.82. The van der Waals surface area contributed by atoms with E-state index in [9.17, 15) is 14.4 Å². The Morgan fingerprint density at radius 2 is 1.96 bits per heavy atom. The topological polar surface area (TPSA) is 79.0 Å². The first kappa shape index (κ1) is 18.9. The maximum absolute atomic E-state index is 12.8. The second-order valence-corrected chi connectivity index (χ2v) is 7.02. The van der Waals surface area contributed by atoms with Gasteiger partial charge in [-0.3, -0.25) is 14.5 Å². The number of amides is 4. The van der Waals surface area contributed by atoms with Crippen molar-refractivity contribution in [2.24, 2.45) is 0 Å². The molecule has 0 atom stereocenters. The molecule has 1 aromatic rings. The van der Waals surface area contributed by atoms with Crippen LogP contribution in [-0.2, 0) is 16.1 Å². The molecule has 1 saturated carbocycles. The van der Waals surface area contributed by atoms with E-state index in [1.807, 2.05) is 24.3 Å². The summed E-state index contributed by atoms with van der Waals surface area (Å²) in [4.78, 5) is 40.4. The quantitative estimate of drug-likeness (QED) is 0.588. The lowest BCUT2D eigenvalue weighted by Crippen LogP contribution is -2.46. The molecule has 3 rings (SSSR count). The molecule has 2 fully saturated rings. The number of imide groups is 1. The van der Waals surface area contributed by atoms with Crippen molar-refractivity contribution < 1.29 is 19.1 Å². The Bertz CT molecular complexity index is 738. The van der Waals surface area contributed by atoms with Crippen LogP contribution in [0.1, 0.15) is 31.2 Å². The number of rotatable bonds is 7. The zero-order valence-electron chi connectivity index (χ0n) is 15.6. The van der Waals surface area contributed by atoms with Gasteiger partial charge < -0.3 is 15.0 Å². The van der Waals surface area contributed by atoms with Crippen molar-refractivity contribution in [2.75, 3.05) is 20.2 Å². The third-order valence-corrected chi connectivity index (χ3v) is 5.23. The summed E-state index contributed by atoms with van der Waals surface area (Å²) in [6, 6.07) is 6.94. The van der Waals surface area contributed by atoms with E-state index < -0.39 is 11.6 Å². The van der Waals surface area contributed by atoms with Crippen molar-refractivity contribution in [3.05, 3.63) is 42.5 Å². The fourth-order valence-corrected chi connectivity index (χ4v) is 3.73. The second-order valence-electron chi connectivity index (χ2n) is 7.02. The molecular formula is C20H25N3O4. The van der Waals surface area contributed by atoms with E-state index in [2.05, 4.69) is 11.9 Å². The summed E-state index contributed by atoms with van der Waals surface area (Å²) in [5.74, 6) is 0.173. The highest BCUT2D eigenvalue weighted by atomic mass is 16.5. The van der Waals surface area contributed by atoms with Crippen LogP contribution in [0, 0.1) is 0 Å². The Morgan fingerprint density at radius 3 is 2.56 bits per heavy atom. The van der Waals surface area contributed by atoms with Gasteiger partial charge in [0.1, 0.15) is 17.8 Å². The van der Waals surface area contributed by atoms with E-state index in [4.69, 9.17) is 4.74 Å². The average Bonchev–Trinajstić information content (AvgIpc) is 3.22. The molecule has 1 aromatic carbocycles. The number of methoxy groups -OCH3 is 1. The first-order valence-electron chi connectivity index (χ1n) is 9.15. The first-order chi connectivity index (χ1) is 13.0. The Balaban J connectivity index is 1.68. The number of nitrogens with one attached hydrogen (secondary N) is 1. The number of urea groups is 1. The van der Waals surface area contributed by atoms with Crippen LogP contribution in [0.25, 0.3) is 0 Å². The van der Waals surface area contributed by atoms with Gasteiger partial charge in [-0.05, 0) is 30.5 Å². The minimum Gasteiger partial charge on any atom is -0.497 e. The lowest BCUT2D eigenvalue weighted by molar-refractivity contribution is -0.139. The summed E-state index contributed by atoms with van der Waals surface area (Å²) in [7, 11) is 1.60. The van der Waals surface area contributed by atoms with E-state index in [-0.39, 0.29) is 18.4 Å². The van der Waals surface area contributed by atoms with E-state index in [0.717, 1.165) is 29.1 Å². The SMILES string of the molecule is C=CCN(Cc1ccc(OC)cc1)C(=O)CN1C(=O)NC2(CCCC2)C1=O. The standard InChI is InChI=1S/C20H25N3O4/c1-3-12-22(13-15-6-8-16(27-2)9-7-15)17(24)14-23-18(25)20(21-19(23)26)10-4-5-11-20/h3,6-9H,1,4-5,10-14H2,2H3,(H,21,26). The highest BCUT2D eigenvalue weighted by molar-refractivity contribution is 6.09. The van der Waals surface area contributed by atoms with Gasteiger partial charge in [0.2, 0.25) is 5.91 Å². The Morgan fingerprint density at radius 1 is 1.30 bits per heavy atom. The minimum atomic E-state index is -0.795. The highest BCUT2D eigenvalue weighted by Gasteiger charge is 2.52. The first-order valence-corrected chi connectivity index (χ1v) is 9.15. The van der Waals surface area contributed by atoms with Crippen LogP contribution in [0.5, 0.6) is 5.75 Å². The van der Waals surface area contributed by atoms with Gasteiger partial charge in [0.15, 0.2) is 0 Å². The summed E-state index contributed by atoms with van der Waals surface area (Å²) in [6.07, 6.45) is 4.74. The summed E-state index contributed by atoms with van der Waals surface area (Å²) in [5, 5.41) is 2.80. The number of carbonyl (C=O) groups is 3. The molecular weight excluding hydrogens is 346 g/mol. The number of nitrogens with zero attached hydrogens (tertiary/aromatic N) is 2. The summed E-state index contributed by atoms with van der Waals surface area (Å²) in [6.45, 7) is 4.14. The van der Waals surface area contributed by atoms with E-state index >= 15 is 0 Å². The Hall–Kier alpha value is -2.83. The molecule has 1 aliphatic heterocycles. The summed E-state index contributed by atoms with van der Waals surface area (Å²) >= 11 is 0. The number of benzene rings is 1. The van der Waals surface area contributed by atoms with Crippen LogP contribution < -0.4 is 10.1 Å². The molecule has 1 spiro atoms. The molecule has 27 heavy (non-hydrogen) atoms. The van der Waals surface area contributed by atoms with Gasteiger partial charge in [-0.25, -0.2) is 4.79 Å². The molecule has 0 bridgehead atoms. The van der Waals surface area contributed by atoms with E-state index in [0.29, 0.717) is 25.9 Å². The van der Waals surface area contributed by atoms with Crippen LogP contribution in [0.4, 0.5) is 4.79 Å². The summed E-state index contributed by atoms with van der Waals surface area (Å²) < 4.78 is 5.14. The normalized spacial score (nSPS) is 17.9. The van der Waals surface area contributed by atoms with Gasteiger partial charge in [-0.15, -0.1) is 6.58 Å². The molecule has 7 nitrogen and oxygen atoms in total. The fourth-order valence-electron chi connectivity index (χ4n) is 3.73. The zero-order chi connectivity index (χ0) is 19.4. The van der Waals surface area contributed by atoms with Crippen molar-refractivity contribution in [3.8, 4) is 5.75 Å². The molecule has 1 N–H and O–H groups in total. The average molecular weight is 371 g/mol. The van der Waals surface area contributed by atoms with Crippen LogP contribution >= 0.6 is 0 Å². The molecule has 1 aliphatic carbocycles. The molecule has 0 unspecified atom stereocenters. The van der Waals surface area contributed by atoms with Gasteiger partial charge in [0.05, 0.1) is 7.11 Å². The van der Waals surface area contributed by atoms with E-state index in [1.165, 1.54) is 0 Å². The van der Waals surface area contributed by atoms with Crippen molar-refractivity contribution >= 4 is 17.8 Å². The molecule has 1 heterocycles. The number of carbonyl (C=O) groups excluding carboxylic acids is 3. The molecule has 0 radical (unpaired) electrons. The van der Waals surface area contributed by atoms with E-state index in [1.54, 1.807) is 18.1 Å². The maximum atomic E-state index is 12.8. The van der Waals surface area contributed by atoms with Gasteiger partial charge >= 0.3 is 6.03 Å². The Labute approximate surface area is 159 Å². The number of hydrogen-bond acceptors (Lipinski definition) is 4. The highest BCUT2D eigenvalue weighted by Crippen LogP contribution is 2.35. The fraction of sp³-hybridized carbons (Fsp3) is 0.450. The zero-order valence-corrected chi connectivity index (χ0v) is 15.6. The van der Waals surface area contributed by atoms with Crippen LogP contribution in [-0.4, -0.2) is 53.4 Å². The smallest absolute Gasteiger partial charge is 0.325 e. The van der Waals surface area contributed by atoms with Crippen molar-refractivity contribution in [2.45, 2.75) is 37.8 Å². The molecule has 4 amide bonds. The van der Waals surface area contributed by atoms with Crippen LogP contribution in [0.3, 0.4) is 0 Å². The van der Waals surface area contributed by atoms with Crippen LogP contribution in [0.15, 0.2) is 36.9 Å². The monoisotopic (exact) mass is 371 g/mol. The molecule has 2 aliphatic rings. The molecule has 1 saturated heterocycles. The summed E-state index contributed by atoms with van der Waals surface area (Å²) in [5.41, 5.74) is 0.131. The van der Waals surface area contributed by atoms with Crippen molar-refractivity contribution in [1.82, 2.24) is 15.1 Å². The third-order valence-electron chi connectivity index (χ3n) is 5.23. The lowest BCUT2D eigenvalue weighted by atomic mass is 9.98. The Kier molecular flexibility index (Phi) is 5.48. The van der Waals surface area contributed by atoms with Gasteiger partial charge in [-0.2, -0.15) is 0 Å². The predicted molar refractivity (Wildman–Crippen MR) is 100 cm³/mol. The molecule has 7 heteroatoms. The van der Waals surface area contributed by atoms with Crippen LogP contribution in [0.2, 0.25) is 0 Å². The van der Waals surface area contributed by atoms with Crippen molar-refractivity contribution in [3.63, 3.8) is 0 Å². The number of hydrogen-bond donors (Lipinski definition) is 1. The van der Waals surface area contributed by atoms with Gasteiger partial charge in [0, 0.05) is 13.1 Å². The maximum Gasteiger partial charge on any atom is 0.325 e. The third kappa shape index (κ3) is 3.82. The molecule has 144 valence electrons. The van der Waals surface area contributed by atoms with Crippen molar-refractivity contribution in [1.29, 1.82) is 0 Å².